The fraction of sp³-hybridized carbons (Fsp3) is 0.500. The average Bonchev–Trinajstić information content (AvgIpc) is 3.04. The van der Waals surface area contributed by atoms with Gasteiger partial charge in [-0.3, -0.25) is 0 Å². The van der Waals surface area contributed by atoms with Crippen molar-refractivity contribution < 1.29 is 19.1 Å². The van der Waals surface area contributed by atoms with E-state index in [0.717, 1.165) is 18.4 Å². The number of hydrogen-bond acceptors (Lipinski definition) is 3. The highest BCUT2D eigenvalue weighted by atomic mass is 16.4. The molecule has 1 saturated carbocycles. The van der Waals surface area contributed by atoms with Crippen LogP contribution in [0.2, 0.25) is 0 Å². The minimum absolute atomic E-state index is 0.0228. The van der Waals surface area contributed by atoms with E-state index < -0.39 is 17.5 Å². The highest BCUT2D eigenvalue weighted by Crippen LogP contribution is 2.39. The number of aliphatic carboxylic acids is 1. The molecular formula is C12H16N2O4. The van der Waals surface area contributed by atoms with Crippen molar-refractivity contribution in [1.82, 2.24) is 10.6 Å². The average molecular weight is 252 g/mol. The molecule has 0 saturated heterocycles. The van der Waals surface area contributed by atoms with Gasteiger partial charge in [0.15, 0.2) is 0 Å². The van der Waals surface area contributed by atoms with E-state index in [-0.39, 0.29) is 5.92 Å². The first kappa shape index (κ1) is 12.5. The van der Waals surface area contributed by atoms with Gasteiger partial charge in [0.1, 0.15) is 5.54 Å². The number of urea groups is 1. The van der Waals surface area contributed by atoms with Gasteiger partial charge in [-0.15, -0.1) is 0 Å². The monoisotopic (exact) mass is 252 g/mol. The van der Waals surface area contributed by atoms with E-state index in [2.05, 4.69) is 10.6 Å². The highest BCUT2D eigenvalue weighted by molar-refractivity contribution is 5.86. The molecule has 6 heteroatoms. The number of carbonyl (C=O) groups excluding carboxylic acids is 1. The summed E-state index contributed by atoms with van der Waals surface area (Å²) in [5.41, 5.74) is -0.353. The molecule has 1 aliphatic carbocycles. The van der Waals surface area contributed by atoms with Crippen LogP contribution in [0.3, 0.4) is 0 Å². The molecule has 1 aromatic heterocycles. The molecule has 0 aliphatic heterocycles. The summed E-state index contributed by atoms with van der Waals surface area (Å²) >= 11 is 0. The van der Waals surface area contributed by atoms with Crippen molar-refractivity contribution >= 4 is 12.0 Å². The van der Waals surface area contributed by atoms with Gasteiger partial charge in [-0.1, -0.05) is 0 Å². The smallest absolute Gasteiger partial charge is 0.329 e. The van der Waals surface area contributed by atoms with Crippen molar-refractivity contribution in [3.63, 3.8) is 0 Å². The lowest BCUT2D eigenvalue weighted by molar-refractivity contribution is -0.144. The first-order valence-corrected chi connectivity index (χ1v) is 5.83. The molecular weight excluding hydrogens is 236 g/mol. The van der Waals surface area contributed by atoms with E-state index in [0.29, 0.717) is 6.54 Å². The van der Waals surface area contributed by atoms with Crippen LogP contribution in [0.1, 0.15) is 25.3 Å². The quantitative estimate of drug-likeness (QED) is 0.737. The fourth-order valence-corrected chi connectivity index (χ4v) is 1.85. The van der Waals surface area contributed by atoms with Crippen LogP contribution in [0.4, 0.5) is 4.79 Å². The summed E-state index contributed by atoms with van der Waals surface area (Å²) in [6.07, 6.45) is 4.72. The molecule has 18 heavy (non-hydrogen) atoms. The zero-order valence-electron chi connectivity index (χ0n) is 10.1. The van der Waals surface area contributed by atoms with Crippen LogP contribution in [0.25, 0.3) is 0 Å². The highest BCUT2D eigenvalue weighted by Gasteiger charge is 2.48. The first-order valence-electron chi connectivity index (χ1n) is 5.83. The number of carboxylic acids is 1. The van der Waals surface area contributed by atoms with Gasteiger partial charge in [0.05, 0.1) is 12.5 Å². The third-order valence-electron chi connectivity index (χ3n) is 3.24. The number of furan rings is 1. The Morgan fingerprint density at radius 3 is 2.78 bits per heavy atom. The fourth-order valence-electron chi connectivity index (χ4n) is 1.85. The second-order valence-electron chi connectivity index (χ2n) is 4.72. The van der Waals surface area contributed by atoms with Crippen LogP contribution >= 0.6 is 0 Å². The van der Waals surface area contributed by atoms with Gasteiger partial charge < -0.3 is 20.2 Å². The van der Waals surface area contributed by atoms with E-state index in [1.54, 1.807) is 13.0 Å². The molecule has 0 spiro atoms. The molecule has 0 radical (unpaired) electrons. The standard InChI is InChI=1S/C12H16N2O4/c1-12(10(15)16,9-2-3-9)14-11(17)13-6-8-4-5-18-7-8/h4-5,7,9H,2-3,6H2,1H3,(H,15,16)(H2,13,14,17). The molecule has 1 aromatic rings. The van der Waals surface area contributed by atoms with Gasteiger partial charge in [-0.25, -0.2) is 9.59 Å². The predicted octanol–water partition coefficient (Wildman–Crippen LogP) is 1.33. The molecule has 1 heterocycles. The Kier molecular flexibility index (Phi) is 3.27. The number of rotatable bonds is 5. The Labute approximate surface area is 104 Å². The zero-order valence-corrected chi connectivity index (χ0v) is 10.1. The van der Waals surface area contributed by atoms with Crippen molar-refractivity contribution in [1.29, 1.82) is 0 Å². The lowest BCUT2D eigenvalue weighted by Crippen LogP contribution is -2.56. The van der Waals surface area contributed by atoms with Gasteiger partial charge in [0, 0.05) is 12.1 Å². The van der Waals surface area contributed by atoms with Crippen molar-refractivity contribution in [3.05, 3.63) is 24.2 Å². The molecule has 1 atom stereocenters. The molecule has 3 N–H and O–H groups in total. The summed E-state index contributed by atoms with van der Waals surface area (Å²) in [6, 6.07) is 1.25. The van der Waals surface area contributed by atoms with Gasteiger partial charge in [-0.2, -0.15) is 0 Å². The second-order valence-corrected chi connectivity index (χ2v) is 4.72. The van der Waals surface area contributed by atoms with Gasteiger partial charge in [0.25, 0.3) is 0 Å². The third kappa shape index (κ3) is 2.64. The summed E-state index contributed by atoms with van der Waals surface area (Å²) < 4.78 is 4.87. The van der Waals surface area contributed by atoms with Crippen LogP contribution < -0.4 is 10.6 Å². The maximum atomic E-state index is 11.7. The summed E-state index contributed by atoms with van der Waals surface area (Å²) in [7, 11) is 0. The van der Waals surface area contributed by atoms with E-state index in [1.807, 2.05) is 0 Å². The molecule has 1 fully saturated rings. The number of nitrogens with one attached hydrogen (secondary N) is 2. The summed E-state index contributed by atoms with van der Waals surface area (Å²) in [6.45, 7) is 1.85. The minimum atomic E-state index is -1.18. The molecule has 1 unspecified atom stereocenters. The number of hydrogen-bond donors (Lipinski definition) is 3. The number of carbonyl (C=O) groups is 2. The molecule has 2 rings (SSSR count). The molecule has 0 bridgehead atoms. The van der Waals surface area contributed by atoms with Crippen LogP contribution in [-0.2, 0) is 11.3 Å². The normalized spacial score (nSPS) is 17.8. The summed E-state index contributed by atoms with van der Waals surface area (Å²) in [4.78, 5) is 22.9. The molecule has 6 nitrogen and oxygen atoms in total. The summed E-state index contributed by atoms with van der Waals surface area (Å²) in [5, 5.41) is 14.3. The Morgan fingerprint density at radius 1 is 1.56 bits per heavy atom. The van der Waals surface area contributed by atoms with Gasteiger partial charge in [0.2, 0.25) is 0 Å². The topological polar surface area (TPSA) is 91.6 Å². The summed E-state index contributed by atoms with van der Waals surface area (Å²) in [5.74, 6) is -0.974. The second kappa shape index (κ2) is 4.72. The minimum Gasteiger partial charge on any atom is -0.480 e. The Bertz CT molecular complexity index is 439. The maximum absolute atomic E-state index is 11.7. The van der Waals surface area contributed by atoms with E-state index in [9.17, 15) is 14.7 Å². The Hall–Kier alpha value is -1.98. The van der Waals surface area contributed by atoms with Crippen LogP contribution in [-0.4, -0.2) is 22.6 Å². The van der Waals surface area contributed by atoms with Crippen molar-refractivity contribution in [2.24, 2.45) is 5.92 Å². The van der Waals surface area contributed by atoms with Crippen molar-refractivity contribution in [3.8, 4) is 0 Å². The maximum Gasteiger partial charge on any atom is 0.329 e. The predicted molar refractivity (Wildman–Crippen MR) is 62.8 cm³/mol. The lowest BCUT2D eigenvalue weighted by atomic mass is 9.96. The van der Waals surface area contributed by atoms with Crippen molar-refractivity contribution in [2.45, 2.75) is 31.8 Å². The van der Waals surface area contributed by atoms with Crippen LogP contribution in [0.5, 0.6) is 0 Å². The zero-order chi connectivity index (χ0) is 13.2. The van der Waals surface area contributed by atoms with Crippen molar-refractivity contribution in [2.75, 3.05) is 0 Å². The van der Waals surface area contributed by atoms with Gasteiger partial charge >= 0.3 is 12.0 Å². The molecule has 1 aliphatic rings. The Morgan fingerprint density at radius 2 is 2.28 bits per heavy atom. The number of carboxylic acid groups (broad SMARTS) is 1. The van der Waals surface area contributed by atoms with Gasteiger partial charge in [-0.05, 0) is 31.7 Å². The third-order valence-corrected chi connectivity index (χ3v) is 3.24. The first-order chi connectivity index (χ1) is 8.52. The molecule has 0 aromatic carbocycles. The SMILES string of the molecule is CC(NC(=O)NCc1ccoc1)(C(=O)O)C1CC1. The van der Waals surface area contributed by atoms with E-state index in [4.69, 9.17) is 4.42 Å². The molecule has 2 amide bonds. The largest absolute Gasteiger partial charge is 0.480 e. The number of amides is 2. The van der Waals surface area contributed by atoms with E-state index in [1.165, 1.54) is 12.5 Å². The molecule has 98 valence electrons. The Balaban J connectivity index is 1.87. The van der Waals surface area contributed by atoms with Crippen LogP contribution in [0.15, 0.2) is 23.0 Å². The van der Waals surface area contributed by atoms with E-state index >= 15 is 0 Å². The van der Waals surface area contributed by atoms with Crippen LogP contribution in [0, 0.1) is 5.92 Å². The lowest BCUT2D eigenvalue weighted by Gasteiger charge is -2.26.